The molecule has 27 heavy (non-hydrogen) atoms. The van der Waals surface area contributed by atoms with Crippen LogP contribution in [0.3, 0.4) is 0 Å². The number of amides is 1. The van der Waals surface area contributed by atoms with E-state index in [1.54, 1.807) is 54.3 Å². The molecule has 0 aliphatic heterocycles. The lowest BCUT2D eigenvalue weighted by atomic mass is 9.40. The number of carbonyl (C=O) groups is 1. The standard InChI is InChI=1S/C18H17B3N4O2/c1-11(12-3-5-14(6-4-12)18(19,20)21)23-15(26)10-25-17(27)16-13(9-22-25)7-8-24(16)2/h3-9,11H,10H2,1-2H3,(H,23,26)/t11-/m0/s1. The molecule has 1 amide bonds. The molecule has 3 rings (SSSR count). The number of nitrogens with one attached hydrogen (secondary N) is 1. The molecule has 6 nitrogen and oxygen atoms in total. The molecule has 1 N–H and O–H groups in total. The van der Waals surface area contributed by atoms with Crippen molar-refractivity contribution in [2.45, 2.75) is 24.6 Å². The number of aryl methyl sites for hydroxylation is 1. The molecule has 9 heteroatoms. The van der Waals surface area contributed by atoms with Crippen molar-refractivity contribution in [3.05, 3.63) is 64.2 Å². The third-order valence-corrected chi connectivity index (χ3v) is 4.46. The molecule has 0 saturated heterocycles. The van der Waals surface area contributed by atoms with E-state index in [0.29, 0.717) is 11.1 Å². The maximum Gasteiger partial charge on any atom is 0.291 e. The Morgan fingerprint density at radius 1 is 1.22 bits per heavy atom. The third-order valence-electron chi connectivity index (χ3n) is 4.46. The van der Waals surface area contributed by atoms with Crippen LogP contribution in [0.25, 0.3) is 10.9 Å². The number of carbonyl (C=O) groups excluding carboxylic acids is 1. The van der Waals surface area contributed by atoms with Gasteiger partial charge in [0.25, 0.3) is 5.56 Å². The van der Waals surface area contributed by atoms with Gasteiger partial charge in [0.05, 0.1) is 35.8 Å². The van der Waals surface area contributed by atoms with Gasteiger partial charge < -0.3 is 9.88 Å². The van der Waals surface area contributed by atoms with E-state index in [-0.39, 0.29) is 24.1 Å². The molecule has 0 spiro atoms. The number of fused-ring (bicyclic) bond motifs is 1. The Morgan fingerprint density at radius 2 is 1.89 bits per heavy atom. The van der Waals surface area contributed by atoms with Crippen molar-refractivity contribution in [1.82, 2.24) is 19.7 Å². The first kappa shape index (κ1) is 19.1. The Kier molecular flexibility index (Phi) is 5.04. The zero-order chi connectivity index (χ0) is 19.8. The molecule has 3 aromatic rings. The van der Waals surface area contributed by atoms with Gasteiger partial charge in [0.1, 0.15) is 12.1 Å². The smallest absolute Gasteiger partial charge is 0.291 e. The molecule has 6 radical (unpaired) electrons. The minimum atomic E-state index is -1.41. The van der Waals surface area contributed by atoms with Crippen LogP contribution in [0.1, 0.15) is 24.1 Å². The zero-order valence-corrected chi connectivity index (χ0v) is 15.2. The van der Waals surface area contributed by atoms with Gasteiger partial charge in [0, 0.05) is 18.6 Å². The average Bonchev–Trinajstić information content (AvgIpc) is 2.98. The fourth-order valence-electron chi connectivity index (χ4n) is 2.91. The minimum Gasteiger partial charge on any atom is -0.348 e. The second-order valence-corrected chi connectivity index (χ2v) is 6.68. The van der Waals surface area contributed by atoms with Crippen molar-refractivity contribution in [3.63, 3.8) is 0 Å². The lowest BCUT2D eigenvalue weighted by molar-refractivity contribution is -0.122. The SMILES string of the molecule is [B]C([B])([B])c1ccc([C@H](C)NC(=O)Cn2ncc3ccn(C)c3c2=O)cc1. The Bertz CT molecular complexity index is 1040. The minimum absolute atomic E-state index is 0.167. The van der Waals surface area contributed by atoms with E-state index in [9.17, 15) is 9.59 Å². The normalized spacial score (nSPS) is 12.8. The fraction of sp³-hybridized carbons (Fsp3) is 0.278. The maximum absolute atomic E-state index is 12.5. The van der Waals surface area contributed by atoms with Crippen LogP contribution in [-0.4, -0.2) is 43.8 Å². The monoisotopic (exact) mass is 354 g/mol. The first-order chi connectivity index (χ1) is 12.7. The van der Waals surface area contributed by atoms with Crippen LogP contribution >= 0.6 is 0 Å². The number of hydrogen-bond donors (Lipinski definition) is 1. The highest BCUT2D eigenvalue weighted by Crippen LogP contribution is 2.18. The molecule has 0 aliphatic carbocycles. The third kappa shape index (κ3) is 4.02. The number of rotatable bonds is 5. The molecule has 1 aromatic carbocycles. The zero-order valence-electron chi connectivity index (χ0n) is 15.2. The van der Waals surface area contributed by atoms with Crippen LogP contribution in [0.4, 0.5) is 0 Å². The molecule has 0 aliphatic rings. The van der Waals surface area contributed by atoms with Crippen LogP contribution in [0.15, 0.2) is 47.5 Å². The molecule has 130 valence electrons. The largest absolute Gasteiger partial charge is 0.348 e. The van der Waals surface area contributed by atoms with Crippen molar-refractivity contribution in [3.8, 4) is 0 Å². The lowest BCUT2D eigenvalue weighted by Gasteiger charge is -2.22. The van der Waals surface area contributed by atoms with E-state index in [2.05, 4.69) is 10.4 Å². The van der Waals surface area contributed by atoms with Crippen LogP contribution in [0.5, 0.6) is 0 Å². The molecule has 0 bridgehead atoms. The maximum atomic E-state index is 12.5. The number of benzene rings is 1. The van der Waals surface area contributed by atoms with Crippen LogP contribution in [0, 0.1) is 0 Å². The van der Waals surface area contributed by atoms with Gasteiger partial charge in [-0.15, -0.1) is 5.11 Å². The topological polar surface area (TPSA) is 68.9 Å². The molecule has 0 fully saturated rings. The van der Waals surface area contributed by atoms with Gasteiger partial charge in [-0.2, -0.15) is 5.10 Å². The van der Waals surface area contributed by atoms with Gasteiger partial charge in [-0.3, -0.25) is 9.59 Å². The van der Waals surface area contributed by atoms with E-state index in [0.717, 1.165) is 15.6 Å². The second-order valence-electron chi connectivity index (χ2n) is 6.68. The Hall–Kier alpha value is -2.70. The van der Waals surface area contributed by atoms with Crippen LogP contribution < -0.4 is 10.9 Å². The highest BCUT2D eigenvalue weighted by atomic mass is 16.2. The Balaban J connectivity index is 1.71. The predicted molar refractivity (Wildman–Crippen MR) is 107 cm³/mol. The molecule has 1 atom stereocenters. The highest BCUT2D eigenvalue weighted by Gasteiger charge is 2.15. The summed E-state index contributed by atoms with van der Waals surface area (Å²) in [4.78, 5) is 24.9. The number of aromatic nitrogens is 3. The molecular weight excluding hydrogens is 337 g/mol. The molecule has 2 heterocycles. The van der Waals surface area contributed by atoms with E-state index in [1.165, 1.54) is 0 Å². The summed E-state index contributed by atoms with van der Waals surface area (Å²) in [7, 11) is 18.7. The quantitative estimate of drug-likeness (QED) is 0.668. The van der Waals surface area contributed by atoms with E-state index in [1.807, 2.05) is 6.92 Å². The van der Waals surface area contributed by atoms with E-state index in [4.69, 9.17) is 23.5 Å². The average molecular weight is 354 g/mol. The summed E-state index contributed by atoms with van der Waals surface area (Å²) in [6.45, 7) is 1.67. The summed E-state index contributed by atoms with van der Waals surface area (Å²) >= 11 is 0. The van der Waals surface area contributed by atoms with Gasteiger partial charge in [-0.25, -0.2) is 4.68 Å². The Labute approximate surface area is 161 Å². The summed E-state index contributed by atoms with van der Waals surface area (Å²) in [6.07, 6.45) is 3.35. The summed E-state index contributed by atoms with van der Waals surface area (Å²) < 4.78 is 2.86. The molecule has 2 aromatic heterocycles. The van der Waals surface area contributed by atoms with E-state index < -0.39 is 5.11 Å². The van der Waals surface area contributed by atoms with Crippen molar-refractivity contribution in [2.24, 2.45) is 7.05 Å². The van der Waals surface area contributed by atoms with Crippen molar-refractivity contribution >= 4 is 40.3 Å². The van der Waals surface area contributed by atoms with Gasteiger partial charge in [0.2, 0.25) is 5.91 Å². The summed E-state index contributed by atoms with van der Waals surface area (Å²) in [5, 5.41) is 6.24. The first-order valence-corrected chi connectivity index (χ1v) is 8.44. The van der Waals surface area contributed by atoms with Crippen molar-refractivity contribution in [2.75, 3.05) is 0 Å². The number of hydrogen-bond acceptors (Lipinski definition) is 3. The highest BCUT2D eigenvalue weighted by molar-refractivity contribution is 6.58. The van der Waals surface area contributed by atoms with Crippen molar-refractivity contribution in [1.29, 1.82) is 0 Å². The van der Waals surface area contributed by atoms with Gasteiger partial charge >= 0.3 is 0 Å². The van der Waals surface area contributed by atoms with Gasteiger partial charge in [-0.05, 0) is 18.6 Å². The Morgan fingerprint density at radius 3 is 2.52 bits per heavy atom. The summed E-state index contributed by atoms with van der Waals surface area (Å²) in [5.74, 6) is -0.319. The lowest BCUT2D eigenvalue weighted by Crippen LogP contribution is -2.35. The molecule has 0 unspecified atom stereocenters. The van der Waals surface area contributed by atoms with Crippen molar-refractivity contribution < 1.29 is 4.79 Å². The number of nitrogens with zero attached hydrogens (tertiary/aromatic N) is 3. The molecular formula is C18H17B3N4O2. The van der Waals surface area contributed by atoms with Crippen LogP contribution in [0.2, 0.25) is 0 Å². The summed E-state index contributed by atoms with van der Waals surface area (Å²) in [5.41, 5.74) is 1.64. The summed E-state index contributed by atoms with van der Waals surface area (Å²) in [6, 6.07) is 8.55. The second kappa shape index (κ2) is 7.14. The molecule has 0 saturated carbocycles. The van der Waals surface area contributed by atoms with Gasteiger partial charge in [0.15, 0.2) is 0 Å². The van der Waals surface area contributed by atoms with Crippen LogP contribution in [-0.2, 0) is 23.5 Å². The van der Waals surface area contributed by atoms with E-state index >= 15 is 0 Å². The predicted octanol–water partition coefficient (Wildman–Crippen LogP) is 0.228. The van der Waals surface area contributed by atoms with Gasteiger partial charge in [-0.1, -0.05) is 29.8 Å². The fourth-order valence-corrected chi connectivity index (χ4v) is 2.91. The first-order valence-electron chi connectivity index (χ1n) is 8.44.